The molecule has 0 spiro atoms. The minimum atomic E-state index is 0.511. The number of aromatic nitrogens is 3. The molecule has 3 N–H and O–H groups in total. The van der Waals surface area contributed by atoms with Crippen LogP contribution in [0.25, 0.3) is 11.4 Å². The summed E-state index contributed by atoms with van der Waals surface area (Å²) in [5.41, 5.74) is 2.22. The molecule has 2 heterocycles. The Balaban J connectivity index is 1.28. The zero-order valence-corrected chi connectivity index (χ0v) is 15.3. The number of guanidine groups is 1. The van der Waals surface area contributed by atoms with Crippen molar-refractivity contribution in [1.82, 2.24) is 30.7 Å². The lowest BCUT2D eigenvalue weighted by molar-refractivity contribution is 0.197. The normalized spacial score (nSPS) is 19.5. The summed E-state index contributed by atoms with van der Waals surface area (Å²) in [5, 5.41) is 13.8. The molecule has 2 aliphatic rings. The number of hydrogen-bond acceptors (Lipinski definition) is 4. The number of H-pyrrole nitrogens is 1. The van der Waals surface area contributed by atoms with Gasteiger partial charge in [0.25, 0.3) is 0 Å². The fraction of sp³-hybridized carbons (Fsp3) is 0.526. The average Bonchev–Trinajstić information content (AvgIpc) is 3.39. The Morgan fingerprint density at radius 3 is 2.81 bits per heavy atom. The van der Waals surface area contributed by atoms with E-state index >= 15 is 0 Å². The number of likely N-dealkylation sites (tertiary alicyclic amines) is 1. The van der Waals surface area contributed by atoms with E-state index in [1.54, 1.807) is 0 Å². The number of piperidine rings is 1. The van der Waals surface area contributed by atoms with Gasteiger partial charge in [-0.2, -0.15) is 5.10 Å². The Morgan fingerprint density at radius 1 is 1.27 bits per heavy atom. The molecule has 4 rings (SSSR count). The van der Waals surface area contributed by atoms with E-state index in [0.29, 0.717) is 6.04 Å². The summed E-state index contributed by atoms with van der Waals surface area (Å²) < 4.78 is 0. The van der Waals surface area contributed by atoms with Crippen molar-refractivity contribution in [3.05, 3.63) is 36.2 Å². The minimum Gasteiger partial charge on any atom is -0.354 e. The maximum atomic E-state index is 4.39. The number of aliphatic imine (C=N–C) groups is 1. The number of hydrogen-bond donors (Lipinski definition) is 3. The molecule has 1 saturated heterocycles. The van der Waals surface area contributed by atoms with Crippen LogP contribution in [0, 0.1) is 0 Å². The summed E-state index contributed by atoms with van der Waals surface area (Å²) in [4.78, 5) is 11.2. The van der Waals surface area contributed by atoms with Crippen molar-refractivity contribution in [2.45, 2.75) is 44.3 Å². The molecule has 0 amide bonds. The first-order chi connectivity index (χ1) is 12.8. The molecule has 7 nitrogen and oxygen atoms in total. The van der Waals surface area contributed by atoms with Gasteiger partial charge in [-0.3, -0.25) is 10.1 Å². The van der Waals surface area contributed by atoms with E-state index in [2.05, 4.69) is 47.8 Å². The molecule has 0 atom stereocenters. The maximum Gasteiger partial charge on any atom is 0.191 e. The van der Waals surface area contributed by atoms with Crippen LogP contribution < -0.4 is 10.6 Å². The van der Waals surface area contributed by atoms with Crippen LogP contribution in [0.15, 0.2) is 35.6 Å². The van der Waals surface area contributed by atoms with Crippen molar-refractivity contribution in [3.8, 4) is 11.4 Å². The lowest BCUT2D eigenvalue weighted by Crippen LogP contribution is -2.48. The van der Waals surface area contributed by atoms with Crippen molar-refractivity contribution >= 4 is 5.96 Å². The van der Waals surface area contributed by atoms with E-state index in [1.165, 1.54) is 50.7 Å². The fourth-order valence-electron chi connectivity index (χ4n) is 3.60. The number of benzene rings is 1. The molecule has 2 fully saturated rings. The Morgan fingerprint density at radius 2 is 2.12 bits per heavy atom. The summed E-state index contributed by atoms with van der Waals surface area (Å²) in [5.74, 6) is 1.66. The lowest BCUT2D eigenvalue weighted by atomic mass is 10.1. The third kappa shape index (κ3) is 4.22. The van der Waals surface area contributed by atoms with Gasteiger partial charge in [0.05, 0.1) is 0 Å². The van der Waals surface area contributed by atoms with Crippen molar-refractivity contribution < 1.29 is 0 Å². The van der Waals surface area contributed by atoms with Crippen molar-refractivity contribution in [2.24, 2.45) is 4.99 Å². The molecule has 1 aliphatic carbocycles. The van der Waals surface area contributed by atoms with Gasteiger partial charge in [0.2, 0.25) is 0 Å². The molecule has 1 aliphatic heterocycles. The van der Waals surface area contributed by atoms with Crippen LogP contribution >= 0.6 is 0 Å². The second-order valence-electron chi connectivity index (χ2n) is 7.15. The first kappa shape index (κ1) is 17.0. The van der Waals surface area contributed by atoms with E-state index < -0.39 is 0 Å². The van der Waals surface area contributed by atoms with E-state index in [1.807, 2.05) is 19.2 Å². The van der Waals surface area contributed by atoms with Crippen LogP contribution in [-0.2, 0) is 6.54 Å². The van der Waals surface area contributed by atoms with Crippen LogP contribution in [-0.4, -0.2) is 58.3 Å². The van der Waals surface area contributed by atoms with Crippen molar-refractivity contribution in [2.75, 3.05) is 20.1 Å². The molecule has 1 aromatic carbocycles. The van der Waals surface area contributed by atoms with Crippen molar-refractivity contribution in [1.29, 1.82) is 0 Å². The number of nitrogens with one attached hydrogen (secondary N) is 3. The van der Waals surface area contributed by atoms with Gasteiger partial charge in [-0.25, -0.2) is 4.98 Å². The third-order valence-electron chi connectivity index (χ3n) is 5.23. The summed E-state index contributed by atoms with van der Waals surface area (Å²) in [6, 6.07) is 9.69. The van der Waals surface area contributed by atoms with Crippen LogP contribution in [0.3, 0.4) is 0 Å². The van der Waals surface area contributed by atoms with Crippen LogP contribution in [0.5, 0.6) is 0 Å². The number of rotatable bonds is 5. The highest BCUT2D eigenvalue weighted by molar-refractivity contribution is 5.80. The molecule has 138 valence electrons. The Kier molecular flexibility index (Phi) is 5.15. The van der Waals surface area contributed by atoms with Gasteiger partial charge in [-0.1, -0.05) is 18.2 Å². The molecule has 0 bridgehead atoms. The molecule has 1 saturated carbocycles. The Hall–Kier alpha value is -2.41. The van der Waals surface area contributed by atoms with Gasteiger partial charge >= 0.3 is 0 Å². The van der Waals surface area contributed by atoms with Crippen LogP contribution in [0.1, 0.15) is 31.2 Å². The Bertz CT molecular complexity index is 728. The van der Waals surface area contributed by atoms with E-state index in [4.69, 9.17) is 0 Å². The molecular weight excluding hydrogens is 326 g/mol. The van der Waals surface area contributed by atoms with Crippen molar-refractivity contribution in [3.63, 3.8) is 0 Å². The first-order valence-corrected chi connectivity index (χ1v) is 9.48. The first-order valence-electron chi connectivity index (χ1n) is 9.48. The summed E-state index contributed by atoms with van der Waals surface area (Å²) in [6.07, 6.45) is 6.71. The molecule has 26 heavy (non-hydrogen) atoms. The quantitative estimate of drug-likeness (QED) is 0.564. The minimum absolute atomic E-state index is 0.511. The molecule has 2 aromatic rings. The average molecular weight is 353 g/mol. The highest BCUT2D eigenvalue weighted by Crippen LogP contribution is 2.29. The summed E-state index contributed by atoms with van der Waals surface area (Å²) >= 11 is 0. The van der Waals surface area contributed by atoms with Gasteiger partial charge < -0.3 is 15.5 Å². The third-order valence-corrected chi connectivity index (χ3v) is 5.23. The number of aromatic amines is 1. The van der Waals surface area contributed by atoms with Gasteiger partial charge in [0.15, 0.2) is 11.8 Å². The predicted molar refractivity (Wildman–Crippen MR) is 103 cm³/mol. The standard InChI is InChI=1S/C19H27N7/c1-20-19(24-16-7-9-26(10-8-16)17-5-6-17)21-12-14-3-2-4-15(11-14)18-22-13-23-25-18/h2-4,11,13,16-17H,5-10,12H2,1H3,(H2,20,21,24)(H,22,23,25). The van der Waals surface area contributed by atoms with Crippen LogP contribution in [0.4, 0.5) is 0 Å². The zero-order valence-electron chi connectivity index (χ0n) is 15.3. The monoisotopic (exact) mass is 353 g/mol. The van der Waals surface area contributed by atoms with Gasteiger partial charge in [-0.15, -0.1) is 0 Å². The summed E-state index contributed by atoms with van der Waals surface area (Å²) in [6.45, 7) is 3.14. The molecular formula is C19H27N7. The van der Waals surface area contributed by atoms with Gasteiger partial charge in [-0.05, 0) is 37.3 Å². The topological polar surface area (TPSA) is 81.2 Å². The molecule has 0 unspecified atom stereocenters. The zero-order chi connectivity index (χ0) is 17.8. The fourth-order valence-corrected chi connectivity index (χ4v) is 3.60. The maximum absolute atomic E-state index is 4.39. The highest BCUT2D eigenvalue weighted by Gasteiger charge is 2.31. The Labute approximate surface area is 154 Å². The smallest absolute Gasteiger partial charge is 0.191 e. The number of nitrogens with zero attached hydrogens (tertiary/aromatic N) is 4. The lowest BCUT2D eigenvalue weighted by Gasteiger charge is -2.33. The summed E-state index contributed by atoms with van der Waals surface area (Å²) in [7, 11) is 1.83. The molecule has 1 aromatic heterocycles. The van der Waals surface area contributed by atoms with Crippen LogP contribution in [0.2, 0.25) is 0 Å². The molecule has 0 radical (unpaired) electrons. The van der Waals surface area contributed by atoms with Gasteiger partial charge in [0.1, 0.15) is 6.33 Å². The van der Waals surface area contributed by atoms with E-state index in [-0.39, 0.29) is 0 Å². The highest BCUT2D eigenvalue weighted by atomic mass is 15.2. The predicted octanol–water partition coefficient (Wildman–Crippen LogP) is 1.76. The van der Waals surface area contributed by atoms with Gasteiger partial charge in [0, 0.05) is 44.3 Å². The molecule has 7 heteroatoms. The SMILES string of the molecule is CN=C(NCc1cccc(-c2ncn[nH]2)c1)NC1CCN(C2CC2)CC1. The van der Waals surface area contributed by atoms with E-state index in [9.17, 15) is 0 Å². The second-order valence-corrected chi connectivity index (χ2v) is 7.15. The largest absolute Gasteiger partial charge is 0.354 e. The second kappa shape index (κ2) is 7.86. The van der Waals surface area contributed by atoms with E-state index in [0.717, 1.165) is 29.9 Å².